The summed E-state index contributed by atoms with van der Waals surface area (Å²) in [6, 6.07) is 7.58. The van der Waals surface area contributed by atoms with Crippen LogP contribution in [0.4, 0.5) is 0 Å². The summed E-state index contributed by atoms with van der Waals surface area (Å²) < 4.78 is 25.4. The second-order valence-electron chi connectivity index (χ2n) is 2.13. The van der Waals surface area contributed by atoms with Crippen LogP contribution in [0.25, 0.3) is 0 Å². The van der Waals surface area contributed by atoms with Crippen LogP contribution in [0.1, 0.15) is 0 Å². The van der Waals surface area contributed by atoms with Crippen LogP contribution < -0.4 is 9.42 Å². The maximum Gasteiger partial charge on any atom is 0.617 e. The molecular weight excluding hydrogens is 214 g/mol. The lowest BCUT2D eigenvalue weighted by molar-refractivity contribution is -0.159. The summed E-state index contributed by atoms with van der Waals surface area (Å²) in [5, 5.41) is 0. The molecule has 70 valence electrons. The van der Waals surface area contributed by atoms with E-state index in [0.29, 0.717) is 0 Å². The summed E-state index contributed by atoms with van der Waals surface area (Å²) in [6.07, 6.45) is 0. The summed E-state index contributed by atoms with van der Waals surface area (Å²) in [7, 11) is -8.01. The third-order valence-corrected chi connectivity index (χ3v) is 3.52. The number of hydrogen-bond acceptors (Lipinski definition) is 4. The normalized spacial score (nSPS) is 16.0. The Bertz CT molecular complexity index is 349. The first-order valence-corrected chi connectivity index (χ1v) is 6.71. The average Bonchev–Trinajstić information content (AvgIpc) is 2.05. The molecule has 1 aromatic rings. The third kappa shape index (κ3) is 2.90. The lowest BCUT2D eigenvalue weighted by Gasteiger charge is -2.03. The van der Waals surface area contributed by atoms with Gasteiger partial charge in [-0.2, -0.15) is 4.57 Å². The standard InChI is InChI=1S/C6H6O5P2/c7-12(8)13(9,10)11-6-4-2-1-3-5-6/h1-5H,(H,9,10). The van der Waals surface area contributed by atoms with Gasteiger partial charge in [-0.3, -0.25) is 4.89 Å². The van der Waals surface area contributed by atoms with Crippen molar-refractivity contribution in [2.45, 2.75) is 0 Å². The number of hydrogen-bond donors (Lipinski definition) is 1. The number of para-hydroxylation sites is 1. The van der Waals surface area contributed by atoms with Gasteiger partial charge in [0.15, 0.2) is 0 Å². The van der Waals surface area contributed by atoms with E-state index in [1.165, 1.54) is 12.1 Å². The largest absolute Gasteiger partial charge is 0.617 e. The van der Waals surface area contributed by atoms with E-state index in [0.717, 1.165) is 0 Å². The number of rotatable bonds is 3. The Balaban J connectivity index is 2.82. The fourth-order valence-electron chi connectivity index (χ4n) is 0.652. The summed E-state index contributed by atoms with van der Waals surface area (Å²) in [4.78, 5) is 19.0. The van der Waals surface area contributed by atoms with E-state index in [1.807, 2.05) is 0 Å². The van der Waals surface area contributed by atoms with Crippen LogP contribution in [0.5, 0.6) is 5.75 Å². The van der Waals surface area contributed by atoms with E-state index < -0.39 is 15.0 Å². The molecule has 0 fully saturated rings. The Kier molecular flexibility index (Phi) is 3.17. The highest BCUT2D eigenvalue weighted by molar-refractivity contribution is 8.19. The molecule has 13 heavy (non-hydrogen) atoms. The summed E-state index contributed by atoms with van der Waals surface area (Å²) in [6.45, 7) is 0. The quantitative estimate of drug-likeness (QED) is 0.775. The molecule has 0 spiro atoms. The molecule has 0 amide bonds. The first kappa shape index (κ1) is 10.4. The predicted octanol–water partition coefficient (Wildman–Crippen LogP) is 1.27. The number of benzene rings is 1. The average molecular weight is 220 g/mol. The molecule has 0 heterocycles. The van der Waals surface area contributed by atoms with Crippen LogP contribution in [-0.2, 0) is 9.13 Å². The third-order valence-electron chi connectivity index (χ3n) is 1.17. The molecule has 0 aliphatic heterocycles. The van der Waals surface area contributed by atoms with Gasteiger partial charge in [-0.25, -0.2) is 0 Å². The van der Waals surface area contributed by atoms with Gasteiger partial charge in [-0.15, -0.1) is 0 Å². The monoisotopic (exact) mass is 220 g/mol. The first-order valence-electron chi connectivity index (χ1n) is 3.25. The molecule has 0 bridgehead atoms. The van der Waals surface area contributed by atoms with Gasteiger partial charge in [0, 0.05) is 0 Å². The van der Waals surface area contributed by atoms with Gasteiger partial charge in [0.25, 0.3) is 0 Å². The van der Waals surface area contributed by atoms with E-state index in [2.05, 4.69) is 4.52 Å². The first-order chi connectivity index (χ1) is 6.02. The zero-order valence-electron chi connectivity index (χ0n) is 6.36. The molecule has 0 aliphatic carbocycles. The van der Waals surface area contributed by atoms with E-state index in [1.54, 1.807) is 18.2 Å². The smallest absolute Gasteiger partial charge is 0.587 e. The lowest BCUT2D eigenvalue weighted by Crippen LogP contribution is -1.94. The topological polar surface area (TPSA) is 86.7 Å². The minimum atomic E-state index is -4.53. The summed E-state index contributed by atoms with van der Waals surface area (Å²) in [5.41, 5.74) is 0. The fraction of sp³-hybridized carbons (Fsp3) is 0. The van der Waals surface area contributed by atoms with Crippen molar-refractivity contribution in [2.24, 2.45) is 0 Å². The molecule has 2 unspecified atom stereocenters. The SMILES string of the molecule is O=[P+]([O-])P(=O)(O)Oc1ccccc1. The Morgan fingerprint density at radius 3 is 2.38 bits per heavy atom. The Morgan fingerprint density at radius 2 is 1.92 bits per heavy atom. The van der Waals surface area contributed by atoms with Gasteiger partial charge in [-0.05, 0) is 12.1 Å². The van der Waals surface area contributed by atoms with Crippen molar-refractivity contribution >= 4 is 15.0 Å². The van der Waals surface area contributed by atoms with Crippen molar-refractivity contribution in [2.75, 3.05) is 0 Å². The van der Waals surface area contributed by atoms with Crippen LogP contribution in [0.15, 0.2) is 30.3 Å². The second kappa shape index (κ2) is 3.99. The van der Waals surface area contributed by atoms with Crippen molar-refractivity contribution in [1.29, 1.82) is 0 Å². The highest BCUT2D eigenvalue weighted by Crippen LogP contribution is 2.60. The lowest BCUT2D eigenvalue weighted by atomic mass is 10.3. The molecule has 0 radical (unpaired) electrons. The van der Waals surface area contributed by atoms with Crippen LogP contribution in [0.2, 0.25) is 0 Å². The summed E-state index contributed by atoms with van der Waals surface area (Å²) in [5.74, 6) is 0.0486. The van der Waals surface area contributed by atoms with Crippen LogP contribution in [0.3, 0.4) is 0 Å². The zero-order chi connectivity index (χ0) is 9.90. The van der Waals surface area contributed by atoms with E-state index in [9.17, 15) is 14.0 Å². The maximum absolute atomic E-state index is 10.8. The van der Waals surface area contributed by atoms with E-state index >= 15 is 0 Å². The molecule has 1 aromatic carbocycles. The molecule has 2 atom stereocenters. The van der Waals surface area contributed by atoms with Crippen molar-refractivity contribution < 1.29 is 23.4 Å². The highest BCUT2D eigenvalue weighted by atomic mass is 32.1. The molecule has 0 saturated carbocycles. The van der Waals surface area contributed by atoms with Gasteiger partial charge in [0.05, 0.1) is 0 Å². The Hall–Kier alpha value is -0.730. The predicted molar refractivity (Wildman–Crippen MR) is 44.5 cm³/mol. The second-order valence-corrected chi connectivity index (χ2v) is 6.27. The van der Waals surface area contributed by atoms with Crippen molar-refractivity contribution in [3.63, 3.8) is 0 Å². The highest BCUT2D eigenvalue weighted by Gasteiger charge is 2.38. The zero-order valence-corrected chi connectivity index (χ0v) is 8.15. The molecule has 1 N–H and O–H groups in total. The maximum atomic E-state index is 10.8. The van der Waals surface area contributed by atoms with Crippen molar-refractivity contribution in [3.8, 4) is 5.75 Å². The van der Waals surface area contributed by atoms with Gasteiger partial charge >= 0.3 is 15.0 Å². The molecule has 5 nitrogen and oxygen atoms in total. The molecule has 0 aliphatic rings. The van der Waals surface area contributed by atoms with E-state index in [-0.39, 0.29) is 5.75 Å². The minimum Gasteiger partial charge on any atom is -0.587 e. The summed E-state index contributed by atoms with van der Waals surface area (Å²) >= 11 is 0. The molecule has 1 rings (SSSR count). The Morgan fingerprint density at radius 1 is 1.38 bits per heavy atom. The van der Waals surface area contributed by atoms with Gasteiger partial charge in [0.2, 0.25) is 0 Å². The van der Waals surface area contributed by atoms with E-state index in [4.69, 9.17) is 4.89 Å². The molecule has 7 heteroatoms. The van der Waals surface area contributed by atoms with Gasteiger partial charge in [-0.1, -0.05) is 22.8 Å². The Labute approximate surface area is 75.3 Å². The minimum absolute atomic E-state index is 0.0486. The van der Waals surface area contributed by atoms with Gasteiger partial charge in [0.1, 0.15) is 5.75 Å². The van der Waals surface area contributed by atoms with Crippen LogP contribution in [-0.4, -0.2) is 4.89 Å². The molecular formula is C6H6O5P2. The fourth-order valence-corrected chi connectivity index (χ4v) is 1.60. The molecule has 0 aromatic heterocycles. The molecule has 0 saturated heterocycles. The van der Waals surface area contributed by atoms with Crippen molar-refractivity contribution in [1.82, 2.24) is 0 Å². The van der Waals surface area contributed by atoms with Crippen LogP contribution in [0, 0.1) is 0 Å². The van der Waals surface area contributed by atoms with Crippen LogP contribution >= 0.6 is 15.0 Å². The van der Waals surface area contributed by atoms with Gasteiger partial charge < -0.3 is 9.42 Å². The van der Waals surface area contributed by atoms with Crippen molar-refractivity contribution in [3.05, 3.63) is 30.3 Å².